The summed E-state index contributed by atoms with van der Waals surface area (Å²) < 4.78 is 13.3. The van der Waals surface area contributed by atoms with Crippen LogP contribution in [-0.4, -0.2) is 5.91 Å². The van der Waals surface area contributed by atoms with Crippen molar-refractivity contribution < 1.29 is 9.18 Å². The highest BCUT2D eigenvalue weighted by atomic mass is 19.1. The fourth-order valence-corrected chi connectivity index (χ4v) is 1.55. The second-order valence-corrected chi connectivity index (χ2v) is 4.04. The number of rotatable bonds is 2. The Bertz CT molecular complexity index is 596. The third kappa shape index (κ3) is 2.66. The van der Waals surface area contributed by atoms with E-state index in [1.54, 1.807) is 43.3 Å². The molecule has 0 saturated carbocycles. The molecule has 18 heavy (non-hydrogen) atoms. The van der Waals surface area contributed by atoms with Gasteiger partial charge in [0, 0.05) is 16.9 Å². The molecular weight excluding hydrogens is 231 g/mol. The zero-order chi connectivity index (χ0) is 13.1. The van der Waals surface area contributed by atoms with Gasteiger partial charge in [0.25, 0.3) is 5.91 Å². The molecule has 1 amide bonds. The monoisotopic (exact) mass is 244 g/mol. The smallest absolute Gasteiger partial charge is 0.255 e. The minimum atomic E-state index is -0.347. The standard InChI is InChI=1S/C14H13FN2O/c1-9-5-6-12(8-13(9)15)17-14(18)10-3-2-4-11(16)7-10/h2-8H,16H2,1H3,(H,17,18). The predicted octanol–water partition coefficient (Wildman–Crippen LogP) is 2.97. The number of nitrogen functional groups attached to an aromatic ring is 1. The van der Waals surface area contributed by atoms with Crippen LogP contribution in [0.2, 0.25) is 0 Å². The zero-order valence-electron chi connectivity index (χ0n) is 9.91. The first-order valence-corrected chi connectivity index (χ1v) is 5.49. The normalized spacial score (nSPS) is 10.1. The van der Waals surface area contributed by atoms with Gasteiger partial charge in [-0.05, 0) is 42.8 Å². The molecule has 0 spiro atoms. The lowest BCUT2D eigenvalue weighted by Crippen LogP contribution is -2.12. The van der Waals surface area contributed by atoms with Gasteiger partial charge in [-0.1, -0.05) is 12.1 Å². The summed E-state index contributed by atoms with van der Waals surface area (Å²) >= 11 is 0. The van der Waals surface area contributed by atoms with Crippen molar-refractivity contribution in [2.24, 2.45) is 0 Å². The van der Waals surface area contributed by atoms with E-state index in [4.69, 9.17) is 5.73 Å². The third-order valence-electron chi connectivity index (χ3n) is 2.58. The molecule has 0 radical (unpaired) electrons. The van der Waals surface area contributed by atoms with Crippen LogP contribution in [-0.2, 0) is 0 Å². The summed E-state index contributed by atoms with van der Waals surface area (Å²) in [5, 5.41) is 2.62. The van der Waals surface area contributed by atoms with Gasteiger partial charge >= 0.3 is 0 Å². The van der Waals surface area contributed by atoms with Crippen LogP contribution in [0.4, 0.5) is 15.8 Å². The lowest BCUT2D eigenvalue weighted by Gasteiger charge is -2.06. The number of aryl methyl sites for hydroxylation is 1. The number of carbonyl (C=O) groups excluding carboxylic acids is 1. The molecule has 0 atom stereocenters. The number of amides is 1. The van der Waals surface area contributed by atoms with Crippen LogP contribution in [0.25, 0.3) is 0 Å². The molecule has 0 fully saturated rings. The Kier molecular flexibility index (Phi) is 3.28. The Morgan fingerprint density at radius 3 is 2.67 bits per heavy atom. The molecule has 0 heterocycles. The minimum Gasteiger partial charge on any atom is -0.399 e. The van der Waals surface area contributed by atoms with Crippen molar-refractivity contribution in [2.75, 3.05) is 11.1 Å². The SMILES string of the molecule is Cc1ccc(NC(=O)c2cccc(N)c2)cc1F. The molecule has 0 aliphatic heterocycles. The van der Waals surface area contributed by atoms with Gasteiger partial charge in [0.1, 0.15) is 5.82 Å². The first kappa shape index (κ1) is 12.1. The van der Waals surface area contributed by atoms with E-state index in [-0.39, 0.29) is 11.7 Å². The highest BCUT2D eigenvalue weighted by Crippen LogP contribution is 2.15. The molecule has 3 N–H and O–H groups in total. The van der Waals surface area contributed by atoms with Crippen molar-refractivity contribution in [3.05, 3.63) is 59.4 Å². The molecule has 0 unspecified atom stereocenters. The maximum Gasteiger partial charge on any atom is 0.255 e. The van der Waals surface area contributed by atoms with Crippen LogP contribution in [0.1, 0.15) is 15.9 Å². The quantitative estimate of drug-likeness (QED) is 0.798. The second-order valence-electron chi connectivity index (χ2n) is 4.04. The summed E-state index contributed by atoms with van der Waals surface area (Å²) in [6.07, 6.45) is 0. The molecule has 2 aromatic carbocycles. The molecule has 2 aromatic rings. The van der Waals surface area contributed by atoms with Crippen LogP contribution in [0.5, 0.6) is 0 Å². The second kappa shape index (κ2) is 4.87. The number of nitrogens with one attached hydrogen (secondary N) is 1. The van der Waals surface area contributed by atoms with Crippen molar-refractivity contribution in [2.45, 2.75) is 6.92 Å². The van der Waals surface area contributed by atoms with Gasteiger partial charge in [-0.15, -0.1) is 0 Å². The Labute approximate surface area is 104 Å². The highest BCUT2D eigenvalue weighted by molar-refractivity contribution is 6.04. The van der Waals surface area contributed by atoms with Crippen molar-refractivity contribution >= 4 is 17.3 Å². The summed E-state index contributed by atoms with van der Waals surface area (Å²) in [5.74, 6) is -0.661. The molecule has 0 bridgehead atoms. The molecule has 3 nitrogen and oxygen atoms in total. The average Bonchev–Trinajstić information content (AvgIpc) is 2.34. The van der Waals surface area contributed by atoms with Crippen LogP contribution < -0.4 is 11.1 Å². The summed E-state index contributed by atoms with van der Waals surface area (Å²) in [6.45, 7) is 1.67. The van der Waals surface area contributed by atoms with Crippen molar-refractivity contribution in [3.8, 4) is 0 Å². The number of halogens is 1. The number of nitrogens with two attached hydrogens (primary N) is 1. The molecule has 92 valence electrons. The molecule has 0 aliphatic rings. The highest BCUT2D eigenvalue weighted by Gasteiger charge is 2.07. The summed E-state index contributed by atoms with van der Waals surface area (Å²) in [6, 6.07) is 11.2. The number of hydrogen-bond donors (Lipinski definition) is 2. The van der Waals surface area contributed by atoms with Gasteiger partial charge in [0.2, 0.25) is 0 Å². The van der Waals surface area contributed by atoms with Crippen LogP contribution in [0.15, 0.2) is 42.5 Å². The lowest BCUT2D eigenvalue weighted by molar-refractivity contribution is 0.102. The number of carbonyl (C=O) groups is 1. The first-order chi connectivity index (χ1) is 8.56. The minimum absolute atomic E-state index is 0.314. The predicted molar refractivity (Wildman–Crippen MR) is 69.9 cm³/mol. The van der Waals surface area contributed by atoms with E-state index >= 15 is 0 Å². The molecule has 0 aromatic heterocycles. The largest absolute Gasteiger partial charge is 0.399 e. The van der Waals surface area contributed by atoms with E-state index in [9.17, 15) is 9.18 Å². The summed E-state index contributed by atoms with van der Waals surface area (Å²) in [5.41, 5.74) is 7.51. The average molecular weight is 244 g/mol. The first-order valence-electron chi connectivity index (χ1n) is 5.49. The van der Waals surface area contributed by atoms with Gasteiger partial charge in [0.05, 0.1) is 0 Å². The molecule has 0 aliphatic carbocycles. The van der Waals surface area contributed by atoms with Crippen molar-refractivity contribution in [1.29, 1.82) is 0 Å². The van der Waals surface area contributed by atoms with Gasteiger partial charge in [-0.2, -0.15) is 0 Å². The summed E-state index contributed by atoms with van der Waals surface area (Å²) in [4.78, 5) is 11.9. The van der Waals surface area contributed by atoms with Crippen molar-refractivity contribution in [1.82, 2.24) is 0 Å². The van der Waals surface area contributed by atoms with Crippen LogP contribution in [0.3, 0.4) is 0 Å². The van der Waals surface area contributed by atoms with E-state index in [1.165, 1.54) is 6.07 Å². The van der Waals surface area contributed by atoms with Gasteiger partial charge in [-0.25, -0.2) is 4.39 Å². The fourth-order valence-electron chi connectivity index (χ4n) is 1.55. The topological polar surface area (TPSA) is 55.1 Å². The molecular formula is C14H13FN2O. The zero-order valence-corrected chi connectivity index (χ0v) is 9.91. The van der Waals surface area contributed by atoms with Gasteiger partial charge in [-0.3, -0.25) is 4.79 Å². The van der Waals surface area contributed by atoms with E-state index in [0.717, 1.165) is 0 Å². The fraction of sp³-hybridized carbons (Fsp3) is 0.0714. The Morgan fingerprint density at radius 2 is 2.00 bits per heavy atom. The lowest BCUT2D eigenvalue weighted by atomic mass is 10.1. The van der Waals surface area contributed by atoms with E-state index in [1.807, 2.05) is 0 Å². The summed E-state index contributed by atoms with van der Waals surface area (Å²) in [7, 11) is 0. The molecule has 0 saturated heterocycles. The van der Waals surface area contributed by atoms with E-state index in [2.05, 4.69) is 5.32 Å². The number of anilines is 2. The van der Waals surface area contributed by atoms with E-state index < -0.39 is 0 Å². The maximum atomic E-state index is 13.3. The maximum absolute atomic E-state index is 13.3. The van der Waals surface area contributed by atoms with Crippen molar-refractivity contribution in [3.63, 3.8) is 0 Å². The number of hydrogen-bond acceptors (Lipinski definition) is 2. The Hall–Kier alpha value is -2.36. The Morgan fingerprint density at radius 1 is 1.22 bits per heavy atom. The van der Waals surface area contributed by atoms with Crippen LogP contribution >= 0.6 is 0 Å². The van der Waals surface area contributed by atoms with Gasteiger partial charge < -0.3 is 11.1 Å². The van der Waals surface area contributed by atoms with Gasteiger partial charge in [0.15, 0.2) is 0 Å². The molecule has 2 rings (SSSR count). The number of benzene rings is 2. The third-order valence-corrected chi connectivity index (χ3v) is 2.58. The van der Waals surface area contributed by atoms with Crippen LogP contribution in [0, 0.1) is 12.7 Å². The Balaban J connectivity index is 2.18. The van der Waals surface area contributed by atoms with E-state index in [0.29, 0.717) is 22.5 Å². The molecule has 4 heteroatoms.